The number of carbonyl (C=O) groups excluding carboxylic acids is 2. The van der Waals surface area contributed by atoms with Crippen molar-refractivity contribution >= 4 is 11.6 Å². The fourth-order valence-electron chi connectivity index (χ4n) is 6.75. The molecule has 0 bridgehead atoms. The largest absolute Gasteiger partial charge is 0.490 e. The van der Waals surface area contributed by atoms with E-state index in [0.717, 1.165) is 59.5 Å². The molecule has 0 radical (unpaired) electrons. The minimum absolute atomic E-state index is 0.121. The van der Waals surface area contributed by atoms with Crippen LogP contribution in [0.15, 0.2) is 65.0 Å². The summed E-state index contributed by atoms with van der Waals surface area (Å²) < 4.78 is 25.8. The molecular formula is C35H42FNO4. The molecule has 3 aliphatic rings. The first-order valence-corrected chi connectivity index (χ1v) is 14.9. The van der Waals surface area contributed by atoms with Crippen LogP contribution in [0.3, 0.4) is 0 Å². The second kappa shape index (κ2) is 11.1. The van der Waals surface area contributed by atoms with Gasteiger partial charge in [-0.2, -0.15) is 0 Å². The maximum atomic E-state index is 13.9. The van der Waals surface area contributed by atoms with Crippen LogP contribution in [-0.4, -0.2) is 29.6 Å². The molecule has 5 rings (SSSR count). The normalized spacial score (nSPS) is 20.2. The van der Waals surface area contributed by atoms with Gasteiger partial charge < -0.3 is 14.4 Å². The van der Waals surface area contributed by atoms with E-state index in [1.165, 1.54) is 12.1 Å². The van der Waals surface area contributed by atoms with Gasteiger partial charge >= 0.3 is 0 Å². The van der Waals surface area contributed by atoms with Crippen LogP contribution in [-0.2, 0) is 16.2 Å². The maximum absolute atomic E-state index is 13.9. The number of rotatable bonds is 8. The number of hydrogen-bond acceptors (Lipinski definition) is 5. The van der Waals surface area contributed by atoms with Crippen molar-refractivity contribution in [2.75, 3.05) is 13.2 Å². The van der Waals surface area contributed by atoms with Gasteiger partial charge in [0.2, 0.25) is 0 Å². The Kier molecular flexibility index (Phi) is 7.88. The predicted octanol–water partition coefficient (Wildman–Crippen LogP) is 7.90. The molecule has 2 aromatic rings. The van der Waals surface area contributed by atoms with Crippen molar-refractivity contribution in [2.45, 2.75) is 86.2 Å². The zero-order chi connectivity index (χ0) is 29.5. The molecule has 0 amide bonds. The fraction of sp³-hybridized carbons (Fsp3) is 0.486. The molecular weight excluding hydrogens is 517 g/mol. The predicted molar refractivity (Wildman–Crippen MR) is 158 cm³/mol. The summed E-state index contributed by atoms with van der Waals surface area (Å²) in [6.45, 7) is 14.1. The molecule has 0 fully saturated rings. The Balaban J connectivity index is 1.63. The molecule has 218 valence electrons. The molecule has 0 saturated carbocycles. The van der Waals surface area contributed by atoms with E-state index in [0.29, 0.717) is 30.9 Å². The number of Topliss-reactive ketones (excluding diaryl/α,β-unsaturated/α-hetero) is 2. The van der Waals surface area contributed by atoms with Gasteiger partial charge in [0.15, 0.2) is 23.1 Å². The van der Waals surface area contributed by atoms with Crippen LogP contribution in [0.5, 0.6) is 11.5 Å². The highest BCUT2D eigenvalue weighted by molar-refractivity contribution is 6.06. The zero-order valence-electron chi connectivity index (χ0n) is 25.2. The Bertz CT molecular complexity index is 1380. The van der Waals surface area contributed by atoms with Gasteiger partial charge in [0, 0.05) is 47.8 Å². The number of benzene rings is 2. The van der Waals surface area contributed by atoms with Crippen LogP contribution in [0, 0.1) is 16.6 Å². The van der Waals surface area contributed by atoms with E-state index in [-0.39, 0.29) is 34.8 Å². The summed E-state index contributed by atoms with van der Waals surface area (Å²) in [6.07, 6.45) is 3.43. The monoisotopic (exact) mass is 559 g/mol. The topological polar surface area (TPSA) is 55.8 Å². The summed E-state index contributed by atoms with van der Waals surface area (Å²) in [5, 5.41) is 0. The Morgan fingerprint density at radius 2 is 1.46 bits per heavy atom. The van der Waals surface area contributed by atoms with Crippen LogP contribution in [0.4, 0.5) is 4.39 Å². The molecule has 1 aliphatic heterocycles. The number of ketones is 2. The van der Waals surface area contributed by atoms with Gasteiger partial charge in [-0.25, -0.2) is 4.39 Å². The number of halogens is 1. The highest BCUT2D eigenvalue weighted by Gasteiger charge is 2.48. The molecule has 0 saturated heterocycles. The molecule has 0 N–H and O–H groups in total. The van der Waals surface area contributed by atoms with Crippen molar-refractivity contribution < 1.29 is 23.5 Å². The molecule has 0 unspecified atom stereocenters. The third-order valence-electron chi connectivity index (χ3n) is 8.35. The highest BCUT2D eigenvalue weighted by Crippen LogP contribution is 2.55. The summed E-state index contributed by atoms with van der Waals surface area (Å²) in [5.41, 5.74) is 4.96. The lowest BCUT2D eigenvalue weighted by molar-refractivity contribution is -0.119. The molecule has 41 heavy (non-hydrogen) atoms. The zero-order valence-corrected chi connectivity index (χ0v) is 25.2. The lowest BCUT2D eigenvalue weighted by Crippen LogP contribution is -2.44. The lowest BCUT2D eigenvalue weighted by atomic mass is 9.63. The first-order chi connectivity index (χ1) is 19.4. The minimum atomic E-state index is -0.434. The van der Waals surface area contributed by atoms with Gasteiger partial charge in [0.05, 0.1) is 6.61 Å². The molecule has 0 atom stereocenters. The number of allylic oxidation sites excluding steroid dienone is 4. The Hall–Kier alpha value is -3.41. The molecule has 5 nitrogen and oxygen atoms in total. The summed E-state index contributed by atoms with van der Waals surface area (Å²) in [4.78, 5) is 30.2. The number of hydrogen-bond donors (Lipinski definition) is 0. The second-order valence-electron chi connectivity index (χ2n) is 13.2. The van der Waals surface area contributed by atoms with Crippen molar-refractivity contribution in [3.05, 3.63) is 81.9 Å². The van der Waals surface area contributed by atoms with E-state index in [1.807, 2.05) is 31.2 Å². The molecule has 6 heteroatoms. The van der Waals surface area contributed by atoms with E-state index in [1.54, 1.807) is 6.07 Å². The van der Waals surface area contributed by atoms with E-state index in [9.17, 15) is 14.0 Å². The first-order valence-electron chi connectivity index (χ1n) is 14.9. The summed E-state index contributed by atoms with van der Waals surface area (Å²) in [5.74, 6) is 0.589. The molecule has 0 spiro atoms. The minimum Gasteiger partial charge on any atom is -0.490 e. The first kappa shape index (κ1) is 29.1. The van der Waals surface area contributed by atoms with Gasteiger partial charge in [-0.05, 0) is 72.4 Å². The number of carbonyl (C=O) groups is 2. The van der Waals surface area contributed by atoms with Gasteiger partial charge in [0.1, 0.15) is 12.4 Å². The van der Waals surface area contributed by atoms with E-state index in [2.05, 4.69) is 39.5 Å². The van der Waals surface area contributed by atoms with Crippen molar-refractivity contribution in [2.24, 2.45) is 10.8 Å². The van der Waals surface area contributed by atoms with Crippen LogP contribution < -0.4 is 9.47 Å². The van der Waals surface area contributed by atoms with Crippen molar-refractivity contribution in [3.8, 4) is 11.5 Å². The van der Waals surface area contributed by atoms with E-state index < -0.39 is 5.92 Å². The number of nitrogens with zero attached hydrogens (tertiary/aromatic N) is 1. The third-order valence-corrected chi connectivity index (χ3v) is 8.35. The van der Waals surface area contributed by atoms with E-state index in [4.69, 9.17) is 9.47 Å². The molecule has 0 aromatic heterocycles. The highest BCUT2D eigenvalue weighted by atomic mass is 19.1. The van der Waals surface area contributed by atoms with E-state index >= 15 is 0 Å². The van der Waals surface area contributed by atoms with Crippen molar-refractivity contribution in [1.82, 2.24) is 4.90 Å². The Labute approximate surface area is 243 Å². The lowest BCUT2D eigenvalue weighted by Gasteiger charge is -2.49. The fourth-order valence-corrected chi connectivity index (χ4v) is 6.75. The number of ether oxygens (including phenoxy) is 2. The average molecular weight is 560 g/mol. The third kappa shape index (κ3) is 5.84. The van der Waals surface area contributed by atoms with Crippen LogP contribution in [0.25, 0.3) is 0 Å². The van der Waals surface area contributed by atoms with Gasteiger partial charge in [-0.1, -0.05) is 52.8 Å². The molecule has 2 aromatic carbocycles. The van der Waals surface area contributed by atoms with Crippen molar-refractivity contribution in [3.63, 3.8) is 0 Å². The maximum Gasteiger partial charge on any atom is 0.162 e. The molecule has 2 aliphatic carbocycles. The summed E-state index contributed by atoms with van der Waals surface area (Å²) >= 11 is 0. The average Bonchev–Trinajstić information content (AvgIpc) is 2.87. The smallest absolute Gasteiger partial charge is 0.162 e. The quantitative estimate of drug-likeness (QED) is 0.329. The standard InChI is InChI=1S/C35H42FNO4/c1-7-14-37-25-17-34(3,4)19-27(38)32(25)31(33-26(37)18-35(5,6)20-28(33)39)23-12-13-29(30(16-23)40-8-2)41-21-22-10-9-11-24(36)15-22/h9-13,15-16,31H,7-8,14,17-21H2,1-6H3. The van der Waals surface area contributed by atoms with Crippen LogP contribution >= 0.6 is 0 Å². The van der Waals surface area contributed by atoms with Gasteiger partial charge in [0.25, 0.3) is 0 Å². The molecule has 1 heterocycles. The van der Waals surface area contributed by atoms with Gasteiger partial charge in [-0.3, -0.25) is 9.59 Å². The SMILES string of the molecule is CCCN1C2=C(C(=O)CC(C)(C)C2)C(c2ccc(OCc3cccc(F)c3)c(OCC)c2)C2=C1CC(C)(C)CC2=O. The Morgan fingerprint density at radius 3 is 2.02 bits per heavy atom. The Morgan fingerprint density at radius 1 is 0.829 bits per heavy atom. The second-order valence-corrected chi connectivity index (χ2v) is 13.2. The van der Waals surface area contributed by atoms with Gasteiger partial charge in [-0.15, -0.1) is 0 Å². The summed E-state index contributed by atoms with van der Waals surface area (Å²) in [7, 11) is 0. The van der Waals surface area contributed by atoms with Crippen LogP contribution in [0.2, 0.25) is 0 Å². The summed E-state index contributed by atoms with van der Waals surface area (Å²) in [6, 6.07) is 12.1. The van der Waals surface area contributed by atoms with Crippen LogP contribution in [0.1, 0.15) is 90.7 Å². The van der Waals surface area contributed by atoms with Crippen molar-refractivity contribution in [1.29, 1.82) is 0 Å².